The lowest BCUT2D eigenvalue weighted by Gasteiger charge is -2.42. The van der Waals surface area contributed by atoms with Crippen LogP contribution >= 0.6 is 11.3 Å². The predicted molar refractivity (Wildman–Crippen MR) is 115 cm³/mol. The molecule has 2 saturated heterocycles. The summed E-state index contributed by atoms with van der Waals surface area (Å²) < 4.78 is 65.0. The lowest BCUT2D eigenvalue weighted by atomic mass is 9.89. The number of nitriles is 1. The van der Waals surface area contributed by atoms with E-state index in [1.165, 1.54) is 29.8 Å². The standard InChI is InChI=1S/C22H19F4N5O2S/c23-16-5-12(6-27)1-2-14(16)15-10-34-19-18(15)29-11-30-20(19)33-22(28)13-7-31(4-3-21(24,25)26)8-17(22)32-9-13/h1-2,5,10-11,13,17H,3-4,7-9,28H2. The highest BCUT2D eigenvalue weighted by Gasteiger charge is 2.56. The van der Waals surface area contributed by atoms with E-state index in [-0.39, 0.29) is 37.1 Å². The predicted octanol–water partition coefficient (Wildman–Crippen LogP) is 3.69. The molecule has 0 aliphatic carbocycles. The molecule has 3 aromatic rings. The normalized spacial score (nSPS) is 24.9. The second-order valence-electron chi connectivity index (χ2n) is 8.41. The summed E-state index contributed by atoms with van der Waals surface area (Å²) in [5.74, 6) is -0.685. The monoisotopic (exact) mass is 493 g/mol. The van der Waals surface area contributed by atoms with E-state index in [0.717, 1.165) is 6.07 Å². The maximum absolute atomic E-state index is 14.6. The van der Waals surface area contributed by atoms with Crippen LogP contribution in [0.25, 0.3) is 21.3 Å². The summed E-state index contributed by atoms with van der Waals surface area (Å²) in [5, 5.41) is 10.7. The highest BCUT2D eigenvalue weighted by molar-refractivity contribution is 7.18. The molecule has 5 rings (SSSR count). The highest BCUT2D eigenvalue weighted by atomic mass is 32.1. The van der Waals surface area contributed by atoms with Crippen LogP contribution in [0.2, 0.25) is 0 Å². The van der Waals surface area contributed by atoms with Crippen LogP contribution in [0.3, 0.4) is 0 Å². The van der Waals surface area contributed by atoms with Gasteiger partial charge in [-0.25, -0.2) is 14.4 Å². The third kappa shape index (κ3) is 4.09. The van der Waals surface area contributed by atoms with Gasteiger partial charge in [-0.15, -0.1) is 11.3 Å². The molecule has 34 heavy (non-hydrogen) atoms. The van der Waals surface area contributed by atoms with Gasteiger partial charge in [-0.1, -0.05) is 6.07 Å². The van der Waals surface area contributed by atoms with Crippen LogP contribution in [0.1, 0.15) is 12.0 Å². The number of halogens is 4. The van der Waals surface area contributed by atoms with Crippen molar-refractivity contribution in [2.75, 3.05) is 26.2 Å². The Labute approximate surface area is 195 Å². The van der Waals surface area contributed by atoms with Gasteiger partial charge in [0.25, 0.3) is 0 Å². The lowest BCUT2D eigenvalue weighted by molar-refractivity contribution is -0.142. The van der Waals surface area contributed by atoms with Crippen LogP contribution in [0, 0.1) is 23.1 Å². The van der Waals surface area contributed by atoms with Gasteiger partial charge in [-0.05, 0) is 12.1 Å². The van der Waals surface area contributed by atoms with E-state index in [1.54, 1.807) is 10.3 Å². The molecule has 0 radical (unpaired) electrons. The number of nitrogens with zero attached hydrogens (tertiary/aromatic N) is 4. The van der Waals surface area contributed by atoms with Crippen molar-refractivity contribution in [3.05, 3.63) is 41.3 Å². The van der Waals surface area contributed by atoms with Crippen LogP contribution < -0.4 is 10.5 Å². The highest BCUT2D eigenvalue weighted by Crippen LogP contribution is 2.42. The molecule has 1 aromatic carbocycles. The molecule has 2 bridgehead atoms. The van der Waals surface area contributed by atoms with Crippen molar-refractivity contribution in [1.82, 2.24) is 14.9 Å². The van der Waals surface area contributed by atoms with Crippen molar-refractivity contribution in [2.45, 2.75) is 24.4 Å². The van der Waals surface area contributed by atoms with Gasteiger partial charge in [0, 0.05) is 36.1 Å². The van der Waals surface area contributed by atoms with Crippen molar-refractivity contribution in [2.24, 2.45) is 11.7 Å². The molecule has 2 aromatic heterocycles. The second kappa shape index (κ2) is 8.42. The zero-order valence-electron chi connectivity index (χ0n) is 17.7. The molecule has 0 amide bonds. The molecular weight excluding hydrogens is 474 g/mol. The molecule has 2 fully saturated rings. The van der Waals surface area contributed by atoms with Crippen molar-refractivity contribution >= 4 is 21.6 Å². The number of aromatic nitrogens is 2. The summed E-state index contributed by atoms with van der Waals surface area (Å²) in [4.78, 5) is 10.2. The fraction of sp³-hybridized carbons (Fsp3) is 0.409. The molecule has 2 aliphatic heterocycles. The summed E-state index contributed by atoms with van der Waals surface area (Å²) in [6.45, 7) is 0.662. The number of alkyl halides is 3. The Balaban J connectivity index is 1.41. The molecule has 2 aliphatic rings. The van der Waals surface area contributed by atoms with Gasteiger partial charge in [-0.2, -0.15) is 18.4 Å². The zero-order chi connectivity index (χ0) is 24.1. The number of ether oxygens (including phenoxy) is 2. The zero-order valence-corrected chi connectivity index (χ0v) is 18.5. The van der Waals surface area contributed by atoms with Crippen molar-refractivity contribution in [1.29, 1.82) is 5.26 Å². The molecule has 2 N–H and O–H groups in total. The van der Waals surface area contributed by atoms with Gasteiger partial charge in [0.1, 0.15) is 22.9 Å². The number of rotatable bonds is 5. The fourth-order valence-corrected chi connectivity index (χ4v) is 5.39. The third-order valence-corrected chi connectivity index (χ3v) is 7.19. The Kier molecular flexibility index (Phi) is 5.68. The van der Waals surface area contributed by atoms with Gasteiger partial charge < -0.3 is 9.47 Å². The average Bonchev–Trinajstić information content (AvgIpc) is 3.25. The number of thiophene rings is 1. The van der Waals surface area contributed by atoms with Gasteiger partial charge in [0.2, 0.25) is 5.88 Å². The smallest absolute Gasteiger partial charge is 0.390 e. The second-order valence-corrected chi connectivity index (χ2v) is 9.29. The van der Waals surface area contributed by atoms with Gasteiger partial charge in [0.15, 0.2) is 5.72 Å². The number of piperidine rings is 1. The van der Waals surface area contributed by atoms with Gasteiger partial charge in [-0.3, -0.25) is 10.6 Å². The Hall–Kier alpha value is -2.85. The van der Waals surface area contributed by atoms with Crippen LogP contribution in [-0.2, 0) is 4.74 Å². The summed E-state index contributed by atoms with van der Waals surface area (Å²) in [7, 11) is 0. The molecule has 0 spiro atoms. The van der Waals surface area contributed by atoms with E-state index in [0.29, 0.717) is 27.9 Å². The number of hydrogen-bond acceptors (Lipinski definition) is 8. The van der Waals surface area contributed by atoms with Crippen LogP contribution in [0.15, 0.2) is 29.9 Å². The third-order valence-electron chi connectivity index (χ3n) is 6.24. The molecule has 12 heteroatoms. The number of benzene rings is 1. The van der Waals surface area contributed by atoms with Crippen molar-refractivity contribution in [3.8, 4) is 23.1 Å². The summed E-state index contributed by atoms with van der Waals surface area (Å²) >= 11 is 1.26. The molecule has 178 valence electrons. The number of nitrogens with two attached hydrogens (primary N) is 1. The van der Waals surface area contributed by atoms with Crippen LogP contribution in [-0.4, -0.2) is 59.1 Å². The minimum atomic E-state index is -4.23. The minimum absolute atomic E-state index is 0.127. The van der Waals surface area contributed by atoms with Crippen LogP contribution in [0.5, 0.6) is 5.88 Å². The number of fused-ring (bicyclic) bond motifs is 3. The Bertz CT molecular complexity index is 1260. The van der Waals surface area contributed by atoms with E-state index < -0.39 is 30.2 Å². The number of hydrogen-bond donors (Lipinski definition) is 1. The Morgan fingerprint density at radius 2 is 2.12 bits per heavy atom. The summed E-state index contributed by atoms with van der Waals surface area (Å²) in [5.41, 5.74) is 6.84. The molecule has 0 saturated carbocycles. The van der Waals surface area contributed by atoms with Crippen molar-refractivity contribution < 1.29 is 27.0 Å². The van der Waals surface area contributed by atoms with Gasteiger partial charge in [0.05, 0.1) is 36.1 Å². The Morgan fingerprint density at radius 3 is 2.82 bits per heavy atom. The average molecular weight is 493 g/mol. The quantitative estimate of drug-likeness (QED) is 0.428. The van der Waals surface area contributed by atoms with E-state index in [4.69, 9.17) is 20.5 Å². The van der Waals surface area contributed by atoms with E-state index >= 15 is 0 Å². The maximum Gasteiger partial charge on any atom is 0.390 e. The fourth-order valence-electron chi connectivity index (χ4n) is 4.45. The van der Waals surface area contributed by atoms with E-state index in [9.17, 15) is 17.6 Å². The number of likely N-dealkylation sites (tertiary alicyclic amines) is 1. The molecule has 7 nitrogen and oxygen atoms in total. The lowest BCUT2D eigenvalue weighted by Crippen LogP contribution is -2.66. The molecule has 3 unspecified atom stereocenters. The minimum Gasteiger partial charge on any atom is -0.452 e. The first-order valence-electron chi connectivity index (χ1n) is 10.5. The first kappa shape index (κ1) is 22.9. The molecular formula is C22H19F4N5O2S. The first-order valence-corrected chi connectivity index (χ1v) is 11.4. The summed E-state index contributed by atoms with van der Waals surface area (Å²) in [6.07, 6.45) is -4.47. The SMILES string of the molecule is N#Cc1ccc(-c2csc3c(OC4(N)C5COC4CN(CCC(F)(F)F)C5)ncnc23)c(F)c1. The topological polar surface area (TPSA) is 97.3 Å². The largest absolute Gasteiger partial charge is 0.452 e. The Morgan fingerprint density at radius 1 is 1.29 bits per heavy atom. The van der Waals surface area contributed by atoms with Crippen LogP contribution in [0.4, 0.5) is 17.6 Å². The summed E-state index contributed by atoms with van der Waals surface area (Å²) in [6, 6.07) is 6.11. The van der Waals surface area contributed by atoms with E-state index in [2.05, 4.69) is 9.97 Å². The van der Waals surface area contributed by atoms with E-state index in [1.807, 2.05) is 6.07 Å². The molecule has 3 atom stereocenters. The van der Waals surface area contributed by atoms with Gasteiger partial charge >= 0.3 is 6.18 Å². The molecule has 4 heterocycles. The maximum atomic E-state index is 14.6. The first-order chi connectivity index (χ1) is 16.2. The van der Waals surface area contributed by atoms with Crippen molar-refractivity contribution in [3.63, 3.8) is 0 Å².